The molecule has 3 atom stereocenters. The van der Waals surface area contributed by atoms with Gasteiger partial charge in [0.2, 0.25) is 17.7 Å². The van der Waals surface area contributed by atoms with E-state index in [0.717, 1.165) is 11.1 Å². The van der Waals surface area contributed by atoms with Gasteiger partial charge >= 0.3 is 0 Å². The van der Waals surface area contributed by atoms with Gasteiger partial charge in [0.15, 0.2) is 0 Å². The maximum Gasteiger partial charge on any atom is 0.243 e. The van der Waals surface area contributed by atoms with Gasteiger partial charge in [0, 0.05) is 13.0 Å². The third-order valence-corrected chi connectivity index (χ3v) is 5.68. The third kappa shape index (κ3) is 9.78. The summed E-state index contributed by atoms with van der Waals surface area (Å²) in [6, 6.07) is 13.8. The number of rotatable bonds is 13. The summed E-state index contributed by atoms with van der Waals surface area (Å²) in [7, 11) is 0. The van der Waals surface area contributed by atoms with Gasteiger partial charge in [0.1, 0.15) is 17.8 Å². The summed E-state index contributed by atoms with van der Waals surface area (Å²) in [6.07, 6.45) is 1.76. The Morgan fingerprint density at radius 1 is 0.857 bits per heavy atom. The number of phenolic OH excluding ortho intramolecular Hbond substituents is 1. The lowest BCUT2D eigenvalue weighted by Gasteiger charge is -2.25. The summed E-state index contributed by atoms with van der Waals surface area (Å²) in [4.78, 5) is 38.7. The Balaban J connectivity index is 2.09. The van der Waals surface area contributed by atoms with Gasteiger partial charge in [-0.25, -0.2) is 0 Å². The van der Waals surface area contributed by atoms with Crippen LogP contribution in [0.4, 0.5) is 0 Å². The Bertz CT molecular complexity index is 947. The molecule has 0 aromatic heterocycles. The second-order valence-corrected chi connectivity index (χ2v) is 9.16. The van der Waals surface area contributed by atoms with Crippen LogP contribution in [0.5, 0.6) is 5.75 Å². The van der Waals surface area contributed by atoms with Crippen LogP contribution in [0.1, 0.15) is 44.7 Å². The van der Waals surface area contributed by atoms with Crippen molar-refractivity contribution in [3.63, 3.8) is 0 Å². The molecule has 8 heteroatoms. The second kappa shape index (κ2) is 14.1. The standard InChI is InChI=1S/C27H38N4O4/c1-4-22(28)25(33)30-24(17-20-10-12-21(32)13-11-20)27(35)31-23(16-18(2)3)26(34)29-15-14-19-8-6-5-7-9-19/h5-13,18,22-24,32H,4,14-17,28H2,1-3H3,(H,29,34)(H,30,33)(H,31,35)/t22?,23-,24-/m0/s1. The quantitative estimate of drug-likeness (QED) is 0.298. The van der Waals surface area contributed by atoms with E-state index in [1.54, 1.807) is 19.1 Å². The van der Waals surface area contributed by atoms with Crippen molar-refractivity contribution in [1.82, 2.24) is 16.0 Å². The SMILES string of the molecule is CCC(N)C(=O)N[C@@H](Cc1ccc(O)cc1)C(=O)N[C@@H](CC(C)C)C(=O)NCCc1ccccc1. The predicted octanol–water partition coefficient (Wildman–Crippen LogP) is 2.05. The van der Waals surface area contributed by atoms with Crippen molar-refractivity contribution >= 4 is 17.7 Å². The fourth-order valence-electron chi connectivity index (χ4n) is 3.61. The average Bonchev–Trinajstić information content (AvgIpc) is 2.84. The highest BCUT2D eigenvalue weighted by molar-refractivity contribution is 5.93. The van der Waals surface area contributed by atoms with E-state index in [4.69, 9.17) is 5.73 Å². The number of amides is 3. The molecule has 0 saturated carbocycles. The number of benzene rings is 2. The molecule has 2 rings (SSSR count). The molecule has 1 unspecified atom stereocenters. The number of carbonyl (C=O) groups is 3. The van der Waals surface area contributed by atoms with Crippen LogP contribution in [0.3, 0.4) is 0 Å². The van der Waals surface area contributed by atoms with Crippen molar-refractivity contribution in [2.75, 3.05) is 6.54 Å². The molecule has 3 amide bonds. The first-order chi connectivity index (χ1) is 16.7. The monoisotopic (exact) mass is 482 g/mol. The fraction of sp³-hybridized carbons (Fsp3) is 0.444. The Hall–Kier alpha value is -3.39. The van der Waals surface area contributed by atoms with Crippen LogP contribution in [-0.4, -0.2) is 47.5 Å². The summed E-state index contributed by atoms with van der Waals surface area (Å²) in [5, 5.41) is 18.0. The van der Waals surface area contributed by atoms with Crippen molar-refractivity contribution in [2.24, 2.45) is 11.7 Å². The molecule has 8 nitrogen and oxygen atoms in total. The molecule has 0 radical (unpaired) electrons. The molecule has 0 saturated heterocycles. The van der Waals surface area contributed by atoms with Crippen molar-refractivity contribution in [1.29, 1.82) is 0 Å². The Labute approximate surface area is 207 Å². The predicted molar refractivity (Wildman–Crippen MR) is 137 cm³/mol. The van der Waals surface area contributed by atoms with E-state index in [0.29, 0.717) is 25.8 Å². The molecular formula is C27H38N4O4. The first kappa shape index (κ1) is 27.9. The van der Waals surface area contributed by atoms with Gasteiger partial charge in [-0.05, 0) is 48.4 Å². The lowest BCUT2D eigenvalue weighted by Crippen LogP contribution is -2.56. The van der Waals surface area contributed by atoms with Gasteiger partial charge in [-0.3, -0.25) is 14.4 Å². The van der Waals surface area contributed by atoms with Crippen molar-refractivity contribution in [3.05, 3.63) is 65.7 Å². The zero-order valence-corrected chi connectivity index (χ0v) is 20.8. The average molecular weight is 483 g/mol. The molecule has 35 heavy (non-hydrogen) atoms. The van der Waals surface area contributed by atoms with Crippen LogP contribution >= 0.6 is 0 Å². The zero-order chi connectivity index (χ0) is 25.8. The minimum absolute atomic E-state index is 0.107. The molecule has 6 N–H and O–H groups in total. The van der Waals surface area contributed by atoms with Crippen LogP contribution in [0.2, 0.25) is 0 Å². The van der Waals surface area contributed by atoms with E-state index in [9.17, 15) is 19.5 Å². The molecule has 0 aliphatic carbocycles. The van der Waals surface area contributed by atoms with Crippen molar-refractivity contribution < 1.29 is 19.5 Å². The largest absolute Gasteiger partial charge is 0.508 e. The molecule has 0 aliphatic rings. The maximum absolute atomic E-state index is 13.3. The number of hydrogen-bond acceptors (Lipinski definition) is 5. The Kier molecular flexibility index (Phi) is 11.2. The van der Waals surface area contributed by atoms with E-state index in [-0.39, 0.29) is 24.0 Å². The van der Waals surface area contributed by atoms with Crippen molar-refractivity contribution in [2.45, 2.75) is 64.6 Å². The van der Waals surface area contributed by atoms with Crippen LogP contribution < -0.4 is 21.7 Å². The number of nitrogens with two attached hydrogens (primary N) is 1. The summed E-state index contributed by atoms with van der Waals surface area (Å²) < 4.78 is 0. The van der Waals surface area contributed by atoms with E-state index in [2.05, 4.69) is 16.0 Å². The lowest BCUT2D eigenvalue weighted by molar-refractivity contribution is -0.132. The fourth-order valence-corrected chi connectivity index (χ4v) is 3.61. The normalized spacial score (nSPS) is 13.5. The molecule has 2 aromatic rings. The first-order valence-corrected chi connectivity index (χ1v) is 12.2. The third-order valence-electron chi connectivity index (χ3n) is 5.68. The molecule has 0 spiro atoms. The minimum atomic E-state index is -0.920. The number of carbonyl (C=O) groups excluding carboxylic acids is 3. The van der Waals surface area contributed by atoms with Crippen LogP contribution in [0, 0.1) is 5.92 Å². The van der Waals surface area contributed by atoms with Gasteiger partial charge in [0.25, 0.3) is 0 Å². The second-order valence-electron chi connectivity index (χ2n) is 9.16. The van der Waals surface area contributed by atoms with Crippen LogP contribution in [0.15, 0.2) is 54.6 Å². The Morgan fingerprint density at radius 2 is 1.49 bits per heavy atom. The van der Waals surface area contributed by atoms with Gasteiger partial charge in [0.05, 0.1) is 6.04 Å². The lowest BCUT2D eigenvalue weighted by atomic mass is 10.0. The number of phenols is 1. The highest BCUT2D eigenvalue weighted by Crippen LogP contribution is 2.12. The van der Waals surface area contributed by atoms with Crippen molar-refractivity contribution in [3.8, 4) is 5.75 Å². The van der Waals surface area contributed by atoms with Gasteiger partial charge in [-0.15, -0.1) is 0 Å². The minimum Gasteiger partial charge on any atom is -0.508 e. The summed E-state index contributed by atoms with van der Waals surface area (Å²) >= 11 is 0. The maximum atomic E-state index is 13.3. The van der Waals surface area contributed by atoms with Gasteiger partial charge < -0.3 is 26.8 Å². The highest BCUT2D eigenvalue weighted by Gasteiger charge is 2.28. The molecular weight excluding hydrogens is 444 g/mol. The van der Waals surface area contributed by atoms with Crippen LogP contribution in [-0.2, 0) is 27.2 Å². The van der Waals surface area contributed by atoms with Gasteiger partial charge in [-0.2, -0.15) is 0 Å². The van der Waals surface area contributed by atoms with E-state index in [1.807, 2.05) is 44.2 Å². The molecule has 0 heterocycles. The molecule has 0 bridgehead atoms. The number of aromatic hydroxyl groups is 1. The number of nitrogens with one attached hydrogen (secondary N) is 3. The van der Waals surface area contributed by atoms with Gasteiger partial charge in [-0.1, -0.05) is 63.2 Å². The zero-order valence-electron chi connectivity index (χ0n) is 20.8. The van der Waals surface area contributed by atoms with E-state index in [1.165, 1.54) is 12.1 Å². The molecule has 0 fully saturated rings. The summed E-state index contributed by atoms with van der Waals surface area (Å²) in [6.45, 7) is 6.20. The smallest absolute Gasteiger partial charge is 0.243 e. The molecule has 2 aromatic carbocycles. The first-order valence-electron chi connectivity index (χ1n) is 12.2. The summed E-state index contributed by atoms with van der Waals surface area (Å²) in [5.74, 6) is -0.879. The highest BCUT2D eigenvalue weighted by atomic mass is 16.3. The van der Waals surface area contributed by atoms with E-state index < -0.39 is 29.9 Å². The molecule has 190 valence electrons. The Morgan fingerprint density at radius 3 is 2.09 bits per heavy atom. The topological polar surface area (TPSA) is 134 Å². The summed E-state index contributed by atoms with van der Waals surface area (Å²) in [5.41, 5.74) is 7.72. The number of hydrogen-bond donors (Lipinski definition) is 5. The molecule has 0 aliphatic heterocycles. The van der Waals surface area contributed by atoms with E-state index >= 15 is 0 Å². The van der Waals surface area contributed by atoms with Crippen LogP contribution in [0.25, 0.3) is 0 Å².